The summed E-state index contributed by atoms with van der Waals surface area (Å²) < 4.78 is 88.5. The van der Waals surface area contributed by atoms with Crippen LogP contribution in [-0.4, -0.2) is 120 Å². The molecule has 1 unspecified atom stereocenters. The van der Waals surface area contributed by atoms with Crippen LogP contribution in [0.25, 0.3) is 32.9 Å². The number of amides is 2. The van der Waals surface area contributed by atoms with E-state index in [2.05, 4.69) is 20.2 Å². The molecular formula is C48H53F4N7O6. The summed E-state index contributed by atoms with van der Waals surface area (Å²) in [6.45, 7) is 3.22. The van der Waals surface area contributed by atoms with E-state index in [1.807, 2.05) is 30.3 Å². The Morgan fingerprint density at radius 2 is 1.80 bits per heavy atom. The van der Waals surface area contributed by atoms with E-state index >= 15 is 13.2 Å². The molecular weight excluding hydrogens is 847 g/mol. The number of methoxy groups -OCH3 is 1. The van der Waals surface area contributed by atoms with E-state index in [0.29, 0.717) is 43.1 Å². The number of piperidine rings is 2. The lowest BCUT2D eigenvalue weighted by Crippen LogP contribution is -2.60. The summed E-state index contributed by atoms with van der Waals surface area (Å²) in [6.07, 6.45) is 0.937. The van der Waals surface area contributed by atoms with Crippen LogP contribution in [0.4, 0.5) is 33.0 Å². The number of aromatic nitrogens is 3. The van der Waals surface area contributed by atoms with Gasteiger partial charge in [0.1, 0.15) is 53.1 Å². The van der Waals surface area contributed by atoms with Crippen molar-refractivity contribution in [2.75, 3.05) is 64.5 Å². The van der Waals surface area contributed by atoms with Crippen LogP contribution < -0.4 is 19.7 Å². The Balaban J connectivity index is 0.00000548. The van der Waals surface area contributed by atoms with Gasteiger partial charge in [0.2, 0.25) is 0 Å². The summed E-state index contributed by atoms with van der Waals surface area (Å²) in [5, 5.41) is 3.71. The molecule has 17 heteroatoms. The Labute approximate surface area is 374 Å². The summed E-state index contributed by atoms with van der Waals surface area (Å²) in [6, 6.07) is 15.4. The van der Waals surface area contributed by atoms with Crippen molar-refractivity contribution >= 4 is 39.7 Å². The number of pyridine rings is 1. The van der Waals surface area contributed by atoms with E-state index in [-0.39, 0.29) is 105 Å². The molecule has 6 aliphatic heterocycles. The Hall–Kier alpha value is -5.81. The van der Waals surface area contributed by atoms with Crippen LogP contribution in [0.5, 0.6) is 11.8 Å². The predicted molar refractivity (Wildman–Crippen MR) is 236 cm³/mol. The second-order valence-corrected chi connectivity index (χ2v) is 18.5. The second kappa shape index (κ2) is 16.9. The minimum Gasteiger partial charge on any atom is -0.461 e. The number of anilines is 1. The first kappa shape index (κ1) is 43.1. The highest BCUT2D eigenvalue weighted by atomic mass is 19.1. The Bertz CT molecular complexity index is 2670. The number of alkyl halides is 2. The number of benzene rings is 3. The smallest absolute Gasteiger partial charge is 0.415 e. The molecule has 3 aromatic carbocycles. The molecule has 0 radical (unpaired) electrons. The largest absolute Gasteiger partial charge is 0.461 e. The van der Waals surface area contributed by atoms with Crippen molar-refractivity contribution in [1.29, 1.82) is 0 Å². The number of nitrogens with one attached hydrogen (secondary N) is 1. The van der Waals surface area contributed by atoms with Gasteiger partial charge in [-0.1, -0.05) is 36.4 Å². The second-order valence-electron chi connectivity index (χ2n) is 18.5. The molecule has 4 fully saturated rings. The normalized spacial score (nSPS) is 27.1. The third-order valence-corrected chi connectivity index (χ3v) is 14.0. The number of halogens is 4. The lowest BCUT2D eigenvalue weighted by atomic mass is 9.85. The van der Waals surface area contributed by atoms with E-state index in [4.69, 9.17) is 23.9 Å². The van der Waals surface area contributed by atoms with E-state index in [1.165, 1.54) is 24.4 Å². The molecule has 344 valence electrons. The zero-order valence-corrected chi connectivity index (χ0v) is 36.4. The molecule has 6 bridgehead atoms. The fraction of sp³-hybridized carbons (Fsp3) is 0.479. The van der Waals surface area contributed by atoms with Gasteiger partial charge in [-0.3, -0.25) is 9.88 Å². The van der Waals surface area contributed by atoms with E-state index in [1.54, 1.807) is 29.9 Å². The summed E-state index contributed by atoms with van der Waals surface area (Å²) in [4.78, 5) is 46.5. The third kappa shape index (κ3) is 8.04. The number of hydrogen-bond donors (Lipinski definition) is 1. The number of carbonyl (C=O) groups is 2. The first-order valence-corrected chi connectivity index (χ1v) is 22.4. The molecule has 13 nitrogen and oxygen atoms in total. The van der Waals surface area contributed by atoms with Crippen molar-refractivity contribution in [3.05, 3.63) is 83.6 Å². The quantitative estimate of drug-likeness (QED) is 0.165. The fourth-order valence-corrected chi connectivity index (χ4v) is 11.0. The molecule has 5 aromatic rings. The molecule has 0 saturated carbocycles. The number of hydrogen-bond acceptors (Lipinski definition) is 11. The van der Waals surface area contributed by atoms with Crippen LogP contribution in [0.2, 0.25) is 0 Å². The number of rotatable bonds is 6. The van der Waals surface area contributed by atoms with Gasteiger partial charge in [0.05, 0.1) is 36.2 Å². The Morgan fingerprint density at radius 1 is 0.985 bits per heavy atom. The molecule has 2 amide bonds. The number of carbonyl (C=O) groups excluding carboxylic acids is 2. The minimum atomic E-state index is -1.43. The standard InChI is InChI=1S/C48H51F4N7O6.H2/c1-46-21-31(49)24-58(26-46)42-36-23-53-40(39(52)41(36)54-43(55-42)64-28-47-14-7-17-59(47)25-32(50)22-47)35-20-33(19-29-12-13-37(51)34(38(29)35)11-6-18-63-44(60)56-46)65-45(61)57-16-8-15-48(27-57,62-2)30-9-4-3-5-10-30;/h3-5,9-10,12-13,19-20,23,31-32H,6-8,11,14-18,21-22,24-28H2,1-2H3,(H,56,60);1H/t31-,32-,46-,47+,48?;/m1./s1. The molecule has 8 heterocycles. The zero-order chi connectivity index (χ0) is 45.1. The minimum absolute atomic E-state index is 0. The molecule has 4 saturated heterocycles. The van der Waals surface area contributed by atoms with E-state index in [0.717, 1.165) is 18.5 Å². The number of alkyl carbamates (subject to hydrolysis) is 1. The van der Waals surface area contributed by atoms with Gasteiger partial charge in [-0.05, 0) is 92.1 Å². The van der Waals surface area contributed by atoms with Crippen LogP contribution >= 0.6 is 0 Å². The van der Waals surface area contributed by atoms with Gasteiger partial charge in [-0.25, -0.2) is 27.2 Å². The Morgan fingerprint density at radius 3 is 2.63 bits per heavy atom. The molecule has 5 atom stereocenters. The maximum atomic E-state index is 17.8. The maximum absolute atomic E-state index is 17.8. The number of likely N-dealkylation sites (tertiary alicyclic amines) is 1. The van der Waals surface area contributed by atoms with Crippen LogP contribution in [0.3, 0.4) is 0 Å². The van der Waals surface area contributed by atoms with E-state index < -0.39 is 52.8 Å². The van der Waals surface area contributed by atoms with Crippen molar-refractivity contribution in [2.45, 2.75) is 87.3 Å². The molecule has 1 N–H and O–H groups in total. The monoisotopic (exact) mass is 899 g/mol. The van der Waals surface area contributed by atoms with Gasteiger partial charge in [0.25, 0.3) is 0 Å². The van der Waals surface area contributed by atoms with Crippen LogP contribution in [0.15, 0.2) is 60.8 Å². The summed E-state index contributed by atoms with van der Waals surface area (Å²) >= 11 is 0. The molecule has 65 heavy (non-hydrogen) atoms. The lowest BCUT2D eigenvalue weighted by molar-refractivity contribution is -0.0633. The first-order valence-electron chi connectivity index (χ1n) is 22.4. The highest BCUT2D eigenvalue weighted by Crippen LogP contribution is 2.43. The highest BCUT2D eigenvalue weighted by molar-refractivity contribution is 6.02. The van der Waals surface area contributed by atoms with E-state index in [9.17, 15) is 14.0 Å². The van der Waals surface area contributed by atoms with Crippen LogP contribution in [-0.2, 0) is 21.5 Å². The van der Waals surface area contributed by atoms with Crippen LogP contribution in [0, 0.1) is 11.6 Å². The van der Waals surface area contributed by atoms with Gasteiger partial charge in [0.15, 0.2) is 5.82 Å². The van der Waals surface area contributed by atoms with Gasteiger partial charge in [-0.15, -0.1) is 0 Å². The van der Waals surface area contributed by atoms with Crippen molar-refractivity contribution in [3.8, 4) is 23.0 Å². The van der Waals surface area contributed by atoms with Gasteiger partial charge < -0.3 is 34.1 Å². The predicted octanol–water partition coefficient (Wildman–Crippen LogP) is 8.44. The number of ether oxygens (including phenoxy) is 4. The number of nitrogens with zero attached hydrogens (tertiary/aromatic N) is 6. The Kier molecular flexibility index (Phi) is 11.2. The van der Waals surface area contributed by atoms with Gasteiger partial charge >= 0.3 is 18.2 Å². The average molecular weight is 900 g/mol. The summed E-state index contributed by atoms with van der Waals surface area (Å²) in [7, 11) is 1.62. The topological polar surface area (TPSA) is 131 Å². The lowest BCUT2D eigenvalue weighted by Gasteiger charge is -2.42. The average Bonchev–Trinajstić information content (AvgIpc) is 3.82. The maximum Gasteiger partial charge on any atom is 0.415 e. The summed E-state index contributed by atoms with van der Waals surface area (Å²) in [5.41, 5.74) is -1.65. The van der Waals surface area contributed by atoms with Crippen molar-refractivity contribution in [1.82, 2.24) is 30.1 Å². The van der Waals surface area contributed by atoms with Crippen LogP contribution in [0.1, 0.15) is 64.4 Å². The number of fused-ring (bicyclic) bond motifs is 7. The van der Waals surface area contributed by atoms with Crippen molar-refractivity contribution < 1.29 is 47.5 Å². The molecule has 0 aliphatic carbocycles. The molecule has 2 aromatic heterocycles. The van der Waals surface area contributed by atoms with Crippen molar-refractivity contribution in [2.24, 2.45) is 0 Å². The first-order chi connectivity index (χ1) is 31.3. The SMILES string of the molecule is COC1(c2ccccc2)CCCN(C(=O)Oc2cc3c4c(c(F)ccc4c2)CCCOC(=O)N[C@]2(C)C[C@@H](F)CN(C2)c2nc(OC[C@@]45CCCN4C[C@H](F)C5)nc4c(F)c-3ncc24)C1.[HH]. The molecule has 11 rings (SSSR count). The fourth-order valence-electron chi connectivity index (χ4n) is 11.0. The van der Waals surface area contributed by atoms with Gasteiger partial charge in [-0.2, -0.15) is 9.97 Å². The third-order valence-electron chi connectivity index (χ3n) is 14.0. The van der Waals surface area contributed by atoms with Crippen molar-refractivity contribution in [3.63, 3.8) is 0 Å². The zero-order valence-electron chi connectivity index (χ0n) is 36.4. The summed E-state index contributed by atoms with van der Waals surface area (Å²) in [5.74, 6) is -1.30. The van der Waals surface area contributed by atoms with Gasteiger partial charge in [0, 0.05) is 52.8 Å². The molecule has 6 aliphatic rings. The number of aryl methyl sites for hydroxylation is 1. The molecule has 0 spiro atoms. The highest BCUT2D eigenvalue weighted by Gasteiger charge is 2.50.